The first-order valence-corrected chi connectivity index (χ1v) is 5.14. The van der Waals surface area contributed by atoms with Crippen LogP contribution in [-0.2, 0) is 9.47 Å². The molecule has 0 aromatic heterocycles. The Balaban J connectivity index is 2.54. The van der Waals surface area contributed by atoms with Crippen LogP contribution in [-0.4, -0.2) is 14.0 Å². The van der Waals surface area contributed by atoms with Crippen LogP contribution in [0.2, 0.25) is 0 Å². The Morgan fingerprint density at radius 1 is 1.11 bits per heavy atom. The number of alkyl halides is 2. The van der Waals surface area contributed by atoms with Crippen LogP contribution in [0.3, 0.4) is 0 Å². The molecule has 0 aromatic carbocycles. The number of halogens is 2. The minimum absolute atomic E-state index is 0.193. The van der Waals surface area contributed by atoms with Crippen LogP contribution < -0.4 is 0 Å². The molecule has 1 fully saturated rings. The smallest absolute Gasteiger partial charge is 0.165 e. The lowest BCUT2D eigenvalue weighted by Gasteiger charge is -2.14. The third-order valence-electron chi connectivity index (χ3n) is 0.999. The minimum Gasteiger partial charge on any atom is -0.333 e. The molecule has 1 heterocycles. The lowest BCUT2D eigenvalue weighted by molar-refractivity contribution is -0.129. The molecule has 0 aliphatic carbocycles. The van der Waals surface area contributed by atoms with Crippen molar-refractivity contribution >= 4 is 45.2 Å². The van der Waals surface area contributed by atoms with E-state index in [1.165, 1.54) is 0 Å². The molecule has 1 aliphatic rings. The molecule has 1 saturated heterocycles. The van der Waals surface area contributed by atoms with Crippen molar-refractivity contribution < 1.29 is 9.47 Å². The zero-order valence-electron chi connectivity index (χ0n) is 5.23. The lowest BCUT2D eigenvalue weighted by atomic mass is 10.4. The summed E-state index contributed by atoms with van der Waals surface area (Å²) in [5.74, 6) is -0.377. The number of ether oxygens (including phenoxy) is 2. The van der Waals surface area contributed by atoms with Crippen LogP contribution in [0.5, 0.6) is 0 Å². The fraction of sp³-hybridized carbons (Fsp3) is 1.00. The van der Waals surface area contributed by atoms with Crippen molar-refractivity contribution in [1.29, 1.82) is 0 Å². The van der Waals surface area contributed by atoms with Crippen LogP contribution in [0.25, 0.3) is 0 Å². The van der Waals surface area contributed by atoms with Crippen LogP contribution in [0.1, 0.15) is 13.8 Å². The average Bonchev–Trinajstić information content (AvgIpc) is 1.79. The van der Waals surface area contributed by atoms with Crippen molar-refractivity contribution in [1.82, 2.24) is 0 Å². The SMILES string of the molecule is CC1(C)OC(I)[C@@H](I)O1. The van der Waals surface area contributed by atoms with Gasteiger partial charge in [-0.1, -0.05) is 0 Å². The summed E-state index contributed by atoms with van der Waals surface area (Å²) in [7, 11) is 0. The summed E-state index contributed by atoms with van der Waals surface area (Å²) in [5.41, 5.74) is 0. The minimum atomic E-state index is -0.377. The topological polar surface area (TPSA) is 18.5 Å². The summed E-state index contributed by atoms with van der Waals surface area (Å²) in [6.45, 7) is 3.86. The molecular formula is C5H8I2O2. The average molecular weight is 354 g/mol. The molecule has 54 valence electrons. The highest BCUT2D eigenvalue weighted by atomic mass is 127. The van der Waals surface area contributed by atoms with Gasteiger partial charge in [0, 0.05) is 0 Å². The van der Waals surface area contributed by atoms with E-state index >= 15 is 0 Å². The second kappa shape index (κ2) is 2.78. The highest BCUT2D eigenvalue weighted by molar-refractivity contribution is 14.1. The van der Waals surface area contributed by atoms with Crippen LogP contribution in [0, 0.1) is 0 Å². The summed E-state index contributed by atoms with van der Waals surface area (Å²) in [4.78, 5) is 0. The van der Waals surface area contributed by atoms with Crippen molar-refractivity contribution in [2.24, 2.45) is 0 Å². The molecule has 0 amide bonds. The molecule has 0 spiro atoms. The summed E-state index contributed by atoms with van der Waals surface area (Å²) in [6, 6.07) is 0. The Labute approximate surface area is 81.9 Å². The van der Waals surface area contributed by atoms with E-state index in [1.54, 1.807) is 0 Å². The highest BCUT2D eigenvalue weighted by Gasteiger charge is 2.37. The van der Waals surface area contributed by atoms with Crippen LogP contribution >= 0.6 is 45.2 Å². The standard InChI is InChI=1S/C5H8I2O2/c1-5(2)8-3(6)4(7)9-5/h3-4H,1-2H3/t3-,4?/m0/s1. The number of hydrogen-bond acceptors (Lipinski definition) is 2. The largest absolute Gasteiger partial charge is 0.333 e. The molecule has 2 nitrogen and oxygen atoms in total. The van der Waals surface area contributed by atoms with Gasteiger partial charge in [0.15, 0.2) is 5.79 Å². The van der Waals surface area contributed by atoms with Gasteiger partial charge in [0.2, 0.25) is 0 Å². The Kier molecular flexibility index (Phi) is 2.62. The summed E-state index contributed by atoms with van der Waals surface area (Å²) in [6.07, 6.45) is 0. The number of rotatable bonds is 0. The van der Waals surface area contributed by atoms with Crippen molar-refractivity contribution in [3.05, 3.63) is 0 Å². The molecule has 0 saturated carbocycles. The van der Waals surface area contributed by atoms with E-state index in [1.807, 2.05) is 13.8 Å². The molecule has 1 aliphatic heterocycles. The molecule has 1 rings (SSSR count). The van der Waals surface area contributed by atoms with E-state index in [-0.39, 0.29) is 14.0 Å². The van der Waals surface area contributed by atoms with Crippen LogP contribution in [0.4, 0.5) is 0 Å². The van der Waals surface area contributed by atoms with E-state index < -0.39 is 0 Å². The summed E-state index contributed by atoms with van der Waals surface area (Å²) < 4.78 is 11.2. The summed E-state index contributed by atoms with van der Waals surface area (Å²) in [5, 5.41) is 0. The molecule has 0 bridgehead atoms. The predicted octanol–water partition coefficient (Wildman–Crippen LogP) is 2.29. The van der Waals surface area contributed by atoms with Gasteiger partial charge in [0.05, 0.1) is 0 Å². The van der Waals surface area contributed by atoms with Gasteiger partial charge >= 0.3 is 0 Å². The molecule has 0 radical (unpaired) electrons. The quantitative estimate of drug-likeness (QED) is 0.491. The van der Waals surface area contributed by atoms with Gasteiger partial charge in [-0.15, -0.1) is 0 Å². The first-order valence-electron chi connectivity index (χ1n) is 2.65. The second-order valence-electron chi connectivity index (χ2n) is 2.34. The van der Waals surface area contributed by atoms with Gasteiger partial charge in [-0.2, -0.15) is 0 Å². The molecular weight excluding hydrogens is 346 g/mol. The molecule has 0 aromatic rings. The van der Waals surface area contributed by atoms with Crippen LogP contribution in [0.15, 0.2) is 0 Å². The molecule has 4 heteroatoms. The van der Waals surface area contributed by atoms with Crippen molar-refractivity contribution in [2.75, 3.05) is 0 Å². The van der Waals surface area contributed by atoms with Crippen molar-refractivity contribution in [3.63, 3.8) is 0 Å². The van der Waals surface area contributed by atoms with E-state index in [9.17, 15) is 0 Å². The Hall–Kier alpha value is 1.38. The zero-order chi connectivity index (χ0) is 7.07. The van der Waals surface area contributed by atoms with E-state index in [4.69, 9.17) is 9.47 Å². The Morgan fingerprint density at radius 2 is 1.44 bits per heavy atom. The highest BCUT2D eigenvalue weighted by Crippen LogP contribution is 2.34. The third kappa shape index (κ3) is 2.16. The van der Waals surface area contributed by atoms with Gasteiger partial charge in [-0.25, -0.2) is 0 Å². The van der Waals surface area contributed by atoms with E-state index in [0.29, 0.717) is 0 Å². The fourth-order valence-corrected chi connectivity index (χ4v) is 2.20. The maximum Gasteiger partial charge on any atom is 0.165 e. The van der Waals surface area contributed by atoms with E-state index in [2.05, 4.69) is 45.2 Å². The van der Waals surface area contributed by atoms with Gasteiger partial charge < -0.3 is 9.47 Å². The number of hydrogen-bond donors (Lipinski definition) is 0. The lowest BCUT2D eigenvalue weighted by Crippen LogP contribution is -2.20. The Morgan fingerprint density at radius 3 is 1.56 bits per heavy atom. The maximum atomic E-state index is 5.42. The molecule has 2 atom stereocenters. The third-order valence-corrected chi connectivity index (χ3v) is 4.19. The first kappa shape index (κ1) is 8.48. The first-order chi connectivity index (χ1) is 4.01. The monoisotopic (exact) mass is 354 g/mol. The van der Waals surface area contributed by atoms with Gasteiger partial charge in [0.1, 0.15) is 8.22 Å². The van der Waals surface area contributed by atoms with E-state index in [0.717, 1.165) is 0 Å². The van der Waals surface area contributed by atoms with Gasteiger partial charge in [-0.3, -0.25) is 0 Å². The second-order valence-corrected chi connectivity index (χ2v) is 4.79. The fourth-order valence-electron chi connectivity index (χ4n) is 0.677. The normalized spacial score (nSPS) is 41.3. The van der Waals surface area contributed by atoms with Crippen molar-refractivity contribution in [2.45, 2.75) is 27.9 Å². The maximum absolute atomic E-state index is 5.42. The Bertz CT molecular complexity index is 104. The summed E-state index contributed by atoms with van der Waals surface area (Å²) >= 11 is 4.46. The van der Waals surface area contributed by atoms with Crippen molar-refractivity contribution in [3.8, 4) is 0 Å². The predicted molar refractivity (Wildman–Crippen MR) is 51.9 cm³/mol. The molecule has 9 heavy (non-hydrogen) atoms. The van der Waals surface area contributed by atoms with Gasteiger partial charge in [0.25, 0.3) is 0 Å². The molecule has 0 N–H and O–H groups in total. The van der Waals surface area contributed by atoms with Gasteiger partial charge in [-0.05, 0) is 59.0 Å². The molecule has 1 unspecified atom stereocenters. The zero-order valence-corrected chi connectivity index (χ0v) is 9.54.